The summed E-state index contributed by atoms with van der Waals surface area (Å²) < 4.78 is 40.2. The minimum Gasteiger partial charge on any atom is -0.406 e. The number of nitrogens with two attached hydrogens (primary N) is 1. The summed E-state index contributed by atoms with van der Waals surface area (Å²) in [6.07, 6.45) is -2.04. The highest BCUT2D eigenvalue weighted by Crippen LogP contribution is 2.23. The van der Waals surface area contributed by atoms with Gasteiger partial charge in [0.25, 0.3) is 0 Å². The van der Waals surface area contributed by atoms with Gasteiger partial charge >= 0.3 is 6.36 Å². The Morgan fingerprint density at radius 3 is 2.25 bits per heavy atom. The lowest BCUT2D eigenvalue weighted by molar-refractivity contribution is -0.274. The molecule has 4 nitrogen and oxygen atoms in total. The van der Waals surface area contributed by atoms with Gasteiger partial charge in [0.1, 0.15) is 5.75 Å². The summed E-state index contributed by atoms with van der Waals surface area (Å²) in [6.45, 7) is 4.35. The first-order valence-corrected chi connectivity index (χ1v) is 9.63. The second kappa shape index (κ2) is 10.2. The van der Waals surface area contributed by atoms with Crippen molar-refractivity contribution in [2.24, 2.45) is 21.9 Å². The normalized spacial score (nSPS) is 12.7. The predicted octanol–water partition coefficient (Wildman–Crippen LogP) is 5.37. The van der Waals surface area contributed by atoms with Crippen LogP contribution in [0.3, 0.4) is 0 Å². The zero-order valence-corrected chi connectivity index (χ0v) is 16.4. The van der Waals surface area contributed by atoms with Crippen LogP contribution in [0.25, 0.3) is 0 Å². The first kappa shape index (κ1) is 21.8. The number of alkyl halides is 3. The maximum atomic E-state index is 12.1. The van der Waals surface area contributed by atoms with E-state index in [0.717, 1.165) is 17.5 Å². The average Bonchev–Trinajstić information content (AvgIpc) is 2.61. The van der Waals surface area contributed by atoms with E-state index in [-0.39, 0.29) is 10.9 Å². The Morgan fingerprint density at radius 1 is 1.07 bits per heavy atom. The van der Waals surface area contributed by atoms with Gasteiger partial charge in [-0.1, -0.05) is 62.0 Å². The first-order valence-electron chi connectivity index (χ1n) is 8.64. The molecule has 28 heavy (non-hydrogen) atoms. The van der Waals surface area contributed by atoms with Crippen LogP contribution in [0.4, 0.5) is 13.2 Å². The molecule has 0 saturated heterocycles. The molecule has 150 valence electrons. The molecule has 0 spiro atoms. The van der Waals surface area contributed by atoms with Crippen molar-refractivity contribution in [1.82, 2.24) is 0 Å². The number of hydrogen-bond donors (Lipinski definition) is 1. The lowest BCUT2D eigenvalue weighted by Crippen LogP contribution is -2.17. The molecular weight excluding hydrogens is 387 g/mol. The molecule has 0 radical (unpaired) electrons. The zero-order valence-electron chi connectivity index (χ0n) is 15.6. The number of hydrogen-bond acceptors (Lipinski definition) is 4. The number of ether oxygens (including phenoxy) is 1. The Labute approximate surface area is 166 Å². The Morgan fingerprint density at radius 2 is 1.68 bits per heavy atom. The SMILES string of the molecule is CC(C)Cc1ccc(/C=N\N=C(N)SCc2ccc(OC(F)(F)F)cc2)cc1. The van der Waals surface area contributed by atoms with Gasteiger partial charge in [0.2, 0.25) is 0 Å². The fourth-order valence-corrected chi connectivity index (χ4v) is 2.95. The third kappa shape index (κ3) is 8.47. The fourth-order valence-electron chi connectivity index (χ4n) is 2.34. The van der Waals surface area contributed by atoms with Crippen molar-refractivity contribution in [3.63, 3.8) is 0 Å². The molecule has 2 aromatic carbocycles. The number of rotatable bonds is 7. The number of thioether (sulfide) groups is 1. The van der Waals surface area contributed by atoms with E-state index in [1.165, 1.54) is 29.5 Å². The van der Waals surface area contributed by atoms with Crippen LogP contribution < -0.4 is 10.5 Å². The van der Waals surface area contributed by atoms with E-state index in [2.05, 4.69) is 40.9 Å². The Kier molecular flexibility index (Phi) is 7.92. The maximum Gasteiger partial charge on any atom is 0.573 e. The van der Waals surface area contributed by atoms with Crippen LogP contribution in [0, 0.1) is 5.92 Å². The lowest BCUT2D eigenvalue weighted by atomic mass is 10.0. The van der Waals surface area contributed by atoms with E-state index in [0.29, 0.717) is 11.7 Å². The zero-order chi connectivity index (χ0) is 20.6. The molecule has 0 saturated carbocycles. The summed E-state index contributed by atoms with van der Waals surface area (Å²) >= 11 is 1.24. The van der Waals surface area contributed by atoms with Gasteiger partial charge in [0.15, 0.2) is 5.17 Å². The van der Waals surface area contributed by atoms with Crippen molar-refractivity contribution < 1.29 is 17.9 Å². The van der Waals surface area contributed by atoms with Crippen LogP contribution in [0.2, 0.25) is 0 Å². The summed E-state index contributed by atoms with van der Waals surface area (Å²) in [5.74, 6) is 0.808. The van der Waals surface area contributed by atoms with Crippen LogP contribution in [-0.4, -0.2) is 17.7 Å². The molecule has 0 bridgehead atoms. The lowest BCUT2D eigenvalue weighted by Gasteiger charge is -2.09. The second-order valence-corrected chi connectivity index (χ2v) is 7.50. The predicted molar refractivity (Wildman–Crippen MR) is 109 cm³/mol. The van der Waals surface area contributed by atoms with E-state index in [1.54, 1.807) is 18.3 Å². The molecule has 0 aliphatic heterocycles. The molecule has 0 aromatic heterocycles. The molecule has 2 aromatic rings. The maximum absolute atomic E-state index is 12.1. The molecule has 0 atom stereocenters. The smallest absolute Gasteiger partial charge is 0.406 e. The van der Waals surface area contributed by atoms with Crippen LogP contribution >= 0.6 is 11.8 Å². The third-order valence-corrected chi connectivity index (χ3v) is 4.39. The highest BCUT2D eigenvalue weighted by Gasteiger charge is 2.30. The summed E-state index contributed by atoms with van der Waals surface area (Å²) in [6, 6.07) is 13.7. The van der Waals surface area contributed by atoms with E-state index >= 15 is 0 Å². The standard InChI is InChI=1S/C20H22F3N3OS/c1-14(2)11-15-3-5-16(6-4-15)12-25-26-19(24)28-13-17-7-9-18(10-8-17)27-20(21,22)23/h3-10,12,14H,11,13H2,1-2H3,(H2,24,26)/b25-12-. The van der Waals surface area contributed by atoms with Crippen molar-refractivity contribution >= 4 is 23.1 Å². The van der Waals surface area contributed by atoms with Crippen molar-refractivity contribution in [2.45, 2.75) is 32.4 Å². The number of halogens is 3. The molecule has 0 heterocycles. The van der Waals surface area contributed by atoms with Gasteiger partial charge in [-0.2, -0.15) is 5.10 Å². The van der Waals surface area contributed by atoms with E-state index in [4.69, 9.17) is 5.73 Å². The monoisotopic (exact) mass is 409 g/mol. The van der Waals surface area contributed by atoms with Gasteiger partial charge in [-0.25, -0.2) is 0 Å². The van der Waals surface area contributed by atoms with Gasteiger partial charge in [0, 0.05) is 5.75 Å². The minimum atomic E-state index is -4.69. The van der Waals surface area contributed by atoms with Gasteiger partial charge in [-0.05, 0) is 41.2 Å². The van der Waals surface area contributed by atoms with Gasteiger partial charge < -0.3 is 10.5 Å². The quantitative estimate of drug-likeness (QED) is 0.380. The number of nitrogens with zero attached hydrogens (tertiary/aromatic N) is 2. The highest BCUT2D eigenvalue weighted by atomic mass is 32.2. The molecule has 2 rings (SSSR count). The molecule has 0 aliphatic carbocycles. The van der Waals surface area contributed by atoms with Crippen molar-refractivity contribution in [3.8, 4) is 5.75 Å². The van der Waals surface area contributed by atoms with E-state index in [9.17, 15) is 13.2 Å². The third-order valence-electron chi connectivity index (χ3n) is 3.53. The number of amidine groups is 1. The molecule has 2 N–H and O–H groups in total. The second-order valence-electron chi connectivity index (χ2n) is 6.50. The van der Waals surface area contributed by atoms with Gasteiger partial charge in [-0.15, -0.1) is 18.3 Å². The van der Waals surface area contributed by atoms with Crippen molar-refractivity contribution in [2.75, 3.05) is 0 Å². The highest BCUT2D eigenvalue weighted by molar-refractivity contribution is 8.13. The first-order chi connectivity index (χ1) is 13.2. The topological polar surface area (TPSA) is 60.0 Å². The van der Waals surface area contributed by atoms with Crippen LogP contribution in [-0.2, 0) is 12.2 Å². The molecule has 8 heteroatoms. The Balaban J connectivity index is 1.83. The molecule has 0 amide bonds. The molecular formula is C20H22F3N3OS. The van der Waals surface area contributed by atoms with Gasteiger partial charge in [-0.3, -0.25) is 0 Å². The molecule has 0 fully saturated rings. The Hall–Kier alpha value is -2.48. The van der Waals surface area contributed by atoms with Crippen LogP contribution in [0.15, 0.2) is 58.7 Å². The van der Waals surface area contributed by atoms with Crippen LogP contribution in [0.1, 0.15) is 30.5 Å². The summed E-state index contributed by atoms with van der Waals surface area (Å²) in [7, 11) is 0. The fraction of sp³-hybridized carbons (Fsp3) is 0.300. The van der Waals surface area contributed by atoms with E-state index in [1.807, 2.05) is 12.1 Å². The summed E-state index contributed by atoms with van der Waals surface area (Å²) in [5, 5.41) is 8.16. The summed E-state index contributed by atoms with van der Waals surface area (Å²) in [5.41, 5.74) is 8.80. The largest absolute Gasteiger partial charge is 0.573 e. The minimum absolute atomic E-state index is 0.257. The number of benzene rings is 2. The van der Waals surface area contributed by atoms with Crippen molar-refractivity contribution in [3.05, 3.63) is 65.2 Å². The van der Waals surface area contributed by atoms with Crippen molar-refractivity contribution in [1.29, 1.82) is 0 Å². The van der Waals surface area contributed by atoms with Crippen LogP contribution in [0.5, 0.6) is 5.75 Å². The molecule has 0 unspecified atom stereocenters. The van der Waals surface area contributed by atoms with E-state index < -0.39 is 6.36 Å². The van der Waals surface area contributed by atoms with Gasteiger partial charge in [0.05, 0.1) is 6.21 Å². The Bertz CT molecular complexity index is 801. The molecule has 0 aliphatic rings. The average molecular weight is 409 g/mol. The summed E-state index contributed by atoms with van der Waals surface area (Å²) in [4.78, 5) is 0.